The van der Waals surface area contributed by atoms with Crippen LogP contribution in [0, 0.1) is 0 Å². The molecule has 3 unspecified atom stereocenters. The van der Waals surface area contributed by atoms with Crippen molar-refractivity contribution in [2.24, 2.45) is 0 Å². The molecule has 1 aliphatic heterocycles. The molecule has 3 atom stereocenters. The van der Waals surface area contributed by atoms with Gasteiger partial charge in [0.15, 0.2) is 0 Å². The molecule has 1 heterocycles. The Hall–Kier alpha value is 0.270. The molecular formula is C10H21NOS. The molecular weight excluding hydrogens is 182 g/mol. The van der Waals surface area contributed by atoms with Crippen LogP contribution >= 0.6 is 11.8 Å². The molecule has 0 aromatic heterocycles. The van der Waals surface area contributed by atoms with Crippen LogP contribution in [-0.4, -0.2) is 34.3 Å². The summed E-state index contributed by atoms with van der Waals surface area (Å²) in [4.78, 5) is 0. The number of thioether (sulfide) groups is 1. The number of rotatable bonds is 4. The average Bonchev–Trinajstić information content (AvgIpc) is 2.48. The normalized spacial score (nSPS) is 36.5. The number of aliphatic hydroxyl groups excluding tert-OH is 1. The summed E-state index contributed by atoms with van der Waals surface area (Å²) >= 11 is 1.96. The summed E-state index contributed by atoms with van der Waals surface area (Å²) in [6.07, 6.45) is 2.22. The SMILES string of the molecule is CCC(C)NC1(CO)CSC(C)C1. The monoisotopic (exact) mass is 203 g/mol. The molecule has 78 valence electrons. The van der Waals surface area contributed by atoms with Gasteiger partial charge in [0.25, 0.3) is 0 Å². The Morgan fingerprint density at radius 2 is 2.38 bits per heavy atom. The van der Waals surface area contributed by atoms with E-state index >= 15 is 0 Å². The molecule has 0 aromatic rings. The van der Waals surface area contributed by atoms with E-state index in [2.05, 4.69) is 26.1 Å². The Kier molecular flexibility index (Phi) is 4.07. The Morgan fingerprint density at radius 3 is 2.77 bits per heavy atom. The van der Waals surface area contributed by atoms with Gasteiger partial charge in [-0.2, -0.15) is 11.8 Å². The molecule has 2 nitrogen and oxygen atoms in total. The van der Waals surface area contributed by atoms with Gasteiger partial charge in [-0.1, -0.05) is 13.8 Å². The highest BCUT2D eigenvalue weighted by molar-refractivity contribution is 8.00. The Labute approximate surface area is 85.5 Å². The summed E-state index contributed by atoms with van der Waals surface area (Å²) in [5, 5.41) is 13.6. The fraction of sp³-hybridized carbons (Fsp3) is 1.00. The van der Waals surface area contributed by atoms with Crippen molar-refractivity contribution in [2.75, 3.05) is 12.4 Å². The van der Waals surface area contributed by atoms with Crippen LogP contribution in [0.15, 0.2) is 0 Å². The van der Waals surface area contributed by atoms with Gasteiger partial charge >= 0.3 is 0 Å². The highest BCUT2D eigenvalue weighted by atomic mass is 32.2. The van der Waals surface area contributed by atoms with Gasteiger partial charge in [-0.3, -0.25) is 0 Å². The number of hydrogen-bond donors (Lipinski definition) is 2. The first-order valence-electron chi connectivity index (χ1n) is 5.12. The number of aliphatic hydroxyl groups is 1. The van der Waals surface area contributed by atoms with Crippen LogP contribution in [0.5, 0.6) is 0 Å². The number of hydrogen-bond acceptors (Lipinski definition) is 3. The highest BCUT2D eigenvalue weighted by Crippen LogP contribution is 2.34. The van der Waals surface area contributed by atoms with Crippen molar-refractivity contribution < 1.29 is 5.11 Å². The third kappa shape index (κ3) is 2.86. The lowest BCUT2D eigenvalue weighted by atomic mass is 9.96. The summed E-state index contributed by atoms with van der Waals surface area (Å²) in [5.41, 5.74) is -0.000486. The van der Waals surface area contributed by atoms with E-state index in [-0.39, 0.29) is 12.1 Å². The van der Waals surface area contributed by atoms with Crippen LogP contribution in [0.2, 0.25) is 0 Å². The Bertz CT molecular complexity index is 165. The number of nitrogens with one attached hydrogen (secondary N) is 1. The largest absolute Gasteiger partial charge is 0.394 e. The third-order valence-corrected chi connectivity index (χ3v) is 4.24. The van der Waals surface area contributed by atoms with Crippen molar-refractivity contribution in [3.8, 4) is 0 Å². The maximum Gasteiger partial charge on any atom is 0.0621 e. The van der Waals surface area contributed by atoms with Crippen molar-refractivity contribution in [1.82, 2.24) is 5.32 Å². The summed E-state index contributed by atoms with van der Waals surface area (Å²) in [6.45, 7) is 6.87. The first-order valence-corrected chi connectivity index (χ1v) is 6.17. The smallest absolute Gasteiger partial charge is 0.0621 e. The van der Waals surface area contributed by atoms with Gasteiger partial charge in [-0.25, -0.2) is 0 Å². The fourth-order valence-corrected chi connectivity index (χ4v) is 3.18. The predicted molar refractivity (Wildman–Crippen MR) is 59.2 cm³/mol. The molecule has 2 N–H and O–H groups in total. The zero-order valence-electron chi connectivity index (χ0n) is 8.84. The minimum Gasteiger partial charge on any atom is -0.394 e. The van der Waals surface area contributed by atoms with Crippen molar-refractivity contribution in [3.05, 3.63) is 0 Å². The lowest BCUT2D eigenvalue weighted by Crippen LogP contribution is -2.52. The van der Waals surface area contributed by atoms with Crippen LogP contribution in [0.1, 0.15) is 33.6 Å². The van der Waals surface area contributed by atoms with Crippen molar-refractivity contribution in [2.45, 2.75) is 50.4 Å². The molecule has 0 bridgehead atoms. The second-order valence-corrected chi connectivity index (χ2v) is 5.64. The molecule has 0 saturated carbocycles. The molecule has 0 spiro atoms. The molecule has 0 amide bonds. The van der Waals surface area contributed by atoms with Crippen molar-refractivity contribution in [3.63, 3.8) is 0 Å². The molecule has 0 aromatic carbocycles. The fourth-order valence-electron chi connectivity index (χ4n) is 1.85. The van der Waals surface area contributed by atoms with E-state index in [1.54, 1.807) is 0 Å². The quantitative estimate of drug-likeness (QED) is 0.728. The maximum absolute atomic E-state index is 9.40. The molecule has 3 heteroatoms. The van der Waals surface area contributed by atoms with Gasteiger partial charge < -0.3 is 10.4 Å². The standard InChI is InChI=1S/C10H21NOS/c1-4-8(2)11-10(6-12)5-9(3)13-7-10/h8-9,11-12H,4-7H2,1-3H3. The second-order valence-electron chi connectivity index (χ2n) is 4.22. The Morgan fingerprint density at radius 1 is 1.69 bits per heavy atom. The molecule has 0 radical (unpaired) electrons. The van der Waals surface area contributed by atoms with Gasteiger partial charge in [0.1, 0.15) is 0 Å². The predicted octanol–water partition coefficient (Wildman–Crippen LogP) is 1.63. The average molecular weight is 203 g/mol. The molecule has 1 aliphatic rings. The second kappa shape index (κ2) is 4.67. The van der Waals surface area contributed by atoms with Gasteiger partial charge in [0.2, 0.25) is 0 Å². The van der Waals surface area contributed by atoms with Gasteiger partial charge in [-0.05, 0) is 19.8 Å². The van der Waals surface area contributed by atoms with E-state index in [1.807, 2.05) is 11.8 Å². The molecule has 13 heavy (non-hydrogen) atoms. The van der Waals surface area contributed by atoms with Gasteiger partial charge in [-0.15, -0.1) is 0 Å². The molecule has 0 aliphatic carbocycles. The van der Waals surface area contributed by atoms with E-state index < -0.39 is 0 Å². The van der Waals surface area contributed by atoms with E-state index in [0.29, 0.717) is 11.3 Å². The van der Waals surface area contributed by atoms with Crippen LogP contribution in [-0.2, 0) is 0 Å². The molecule has 1 saturated heterocycles. The summed E-state index contributed by atoms with van der Waals surface area (Å²) in [7, 11) is 0. The van der Waals surface area contributed by atoms with Crippen LogP contribution in [0.4, 0.5) is 0 Å². The zero-order chi connectivity index (χ0) is 9.90. The van der Waals surface area contributed by atoms with Crippen molar-refractivity contribution in [1.29, 1.82) is 0 Å². The van der Waals surface area contributed by atoms with Gasteiger partial charge in [0.05, 0.1) is 12.1 Å². The maximum atomic E-state index is 9.40. The van der Waals surface area contributed by atoms with Gasteiger partial charge in [0, 0.05) is 17.0 Å². The van der Waals surface area contributed by atoms with E-state index in [0.717, 1.165) is 18.6 Å². The Balaban J connectivity index is 2.50. The highest BCUT2D eigenvalue weighted by Gasteiger charge is 2.37. The summed E-state index contributed by atoms with van der Waals surface area (Å²) in [6, 6.07) is 0.512. The van der Waals surface area contributed by atoms with Crippen LogP contribution < -0.4 is 5.32 Å². The van der Waals surface area contributed by atoms with E-state index in [1.165, 1.54) is 0 Å². The summed E-state index contributed by atoms with van der Waals surface area (Å²) in [5.74, 6) is 1.05. The van der Waals surface area contributed by atoms with Crippen LogP contribution in [0.25, 0.3) is 0 Å². The van der Waals surface area contributed by atoms with Crippen LogP contribution in [0.3, 0.4) is 0 Å². The lowest BCUT2D eigenvalue weighted by molar-refractivity contribution is 0.163. The molecule has 1 rings (SSSR count). The van der Waals surface area contributed by atoms with E-state index in [4.69, 9.17) is 0 Å². The topological polar surface area (TPSA) is 32.3 Å². The molecule has 1 fully saturated rings. The lowest BCUT2D eigenvalue weighted by Gasteiger charge is -2.31. The first-order chi connectivity index (χ1) is 6.12. The minimum absolute atomic E-state index is 0.000486. The van der Waals surface area contributed by atoms with Crippen molar-refractivity contribution >= 4 is 11.8 Å². The first kappa shape index (κ1) is 11.3. The summed E-state index contributed by atoms with van der Waals surface area (Å²) < 4.78 is 0. The minimum atomic E-state index is -0.000486. The zero-order valence-corrected chi connectivity index (χ0v) is 9.66. The third-order valence-electron chi connectivity index (χ3n) is 2.79. The van der Waals surface area contributed by atoms with E-state index in [9.17, 15) is 5.11 Å².